The Bertz CT molecular complexity index is 673. The molecule has 0 aromatic heterocycles. The van der Waals surface area contributed by atoms with Crippen LogP contribution >= 0.6 is 23.2 Å². The van der Waals surface area contributed by atoms with Gasteiger partial charge in [-0.2, -0.15) is 4.72 Å². The zero-order chi connectivity index (χ0) is 17.0. The molecule has 1 fully saturated rings. The highest BCUT2D eigenvalue weighted by atomic mass is 35.5. The quantitative estimate of drug-likeness (QED) is 0.826. The average Bonchev–Trinajstić information content (AvgIpc) is 2.50. The fourth-order valence-corrected chi connectivity index (χ4v) is 4.57. The van der Waals surface area contributed by atoms with Crippen molar-refractivity contribution in [1.82, 2.24) is 10.0 Å². The van der Waals surface area contributed by atoms with Gasteiger partial charge in [-0.25, -0.2) is 8.42 Å². The number of hydrogen-bond acceptors (Lipinski definition) is 3. The summed E-state index contributed by atoms with van der Waals surface area (Å²) >= 11 is 11.7. The first kappa shape index (κ1) is 18.5. The average molecular weight is 379 g/mol. The minimum Gasteiger partial charge on any atom is -0.352 e. The Hall–Kier alpha value is -0.820. The molecule has 5 nitrogen and oxygen atoms in total. The third-order valence-corrected chi connectivity index (χ3v) is 6.12. The highest BCUT2D eigenvalue weighted by Gasteiger charge is 2.26. The SMILES string of the molecule is C[C@H](NS(=O)(=O)c1cc(Cl)ccc1Cl)C(=O)NC1CCCCC1. The summed E-state index contributed by atoms with van der Waals surface area (Å²) in [6.07, 6.45) is 5.23. The molecule has 1 aliphatic rings. The molecule has 0 heterocycles. The Labute approximate surface area is 146 Å². The molecule has 2 N–H and O–H groups in total. The molecule has 1 atom stereocenters. The summed E-state index contributed by atoms with van der Waals surface area (Å²) in [6, 6.07) is 3.40. The molecule has 0 saturated heterocycles. The molecule has 23 heavy (non-hydrogen) atoms. The zero-order valence-electron chi connectivity index (χ0n) is 12.8. The van der Waals surface area contributed by atoms with Crippen molar-refractivity contribution in [2.24, 2.45) is 0 Å². The number of nitrogens with one attached hydrogen (secondary N) is 2. The van der Waals surface area contributed by atoms with Crippen LogP contribution in [0.25, 0.3) is 0 Å². The van der Waals surface area contributed by atoms with Crippen LogP contribution in [0.3, 0.4) is 0 Å². The first-order valence-electron chi connectivity index (χ1n) is 7.57. The lowest BCUT2D eigenvalue weighted by atomic mass is 9.95. The molecule has 1 aromatic carbocycles. The highest BCUT2D eigenvalue weighted by molar-refractivity contribution is 7.89. The smallest absolute Gasteiger partial charge is 0.242 e. The van der Waals surface area contributed by atoms with Crippen LogP contribution in [0.5, 0.6) is 0 Å². The van der Waals surface area contributed by atoms with E-state index in [0.29, 0.717) is 0 Å². The van der Waals surface area contributed by atoms with Crippen LogP contribution in [0.15, 0.2) is 23.1 Å². The van der Waals surface area contributed by atoms with Gasteiger partial charge in [0.1, 0.15) is 4.90 Å². The van der Waals surface area contributed by atoms with E-state index < -0.39 is 16.1 Å². The number of rotatable bonds is 5. The van der Waals surface area contributed by atoms with Gasteiger partial charge in [0.2, 0.25) is 15.9 Å². The monoisotopic (exact) mass is 378 g/mol. The van der Waals surface area contributed by atoms with Gasteiger partial charge in [0, 0.05) is 11.1 Å². The Morgan fingerprint density at radius 1 is 1.22 bits per heavy atom. The minimum absolute atomic E-state index is 0.0572. The molecule has 1 amide bonds. The van der Waals surface area contributed by atoms with Gasteiger partial charge in [0.25, 0.3) is 0 Å². The molecule has 1 saturated carbocycles. The van der Waals surface area contributed by atoms with E-state index in [4.69, 9.17) is 23.2 Å². The molecule has 128 valence electrons. The molecule has 0 bridgehead atoms. The topological polar surface area (TPSA) is 75.3 Å². The van der Waals surface area contributed by atoms with Crippen molar-refractivity contribution < 1.29 is 13.2 Å². The maximum absolute atomic E-state index is 12.4. The van der Waals surface area contributed by atoms with Crippen molar-refractivity contribution >= 4 is 39.1 Å². The van der Waals surface area contributed by atoms with E-state index in [1.165, 1.54) is 31.5 Å². The minimum atomic E-state index is -3.93. The van der Waals surface area contributed by atoms with E-state index in [-0.39, 0.29) is 26.9 Å². The van der Waals surface area contributed by atoms with Crippen molar-refractivity contribution in [3.05, 3.63) is 28.2 Å². The van der Waals surface area contributed by atoms with Crippen molar-refractivity contribution in [1.29, 1.82) is 0 Å². The van der Waals surface area contributed by atoms with Gasteiger partial charge in [0.15, 0.2) is 0 Å². The number of amides is 1. The molecular weight excluding hydrogens is 359 g/mol. The summed E-state index contributed by atoms with van der Waals surface area (Å²) < 4.78 is 27.1. The predicted octanol–water partition coefficient (Wildman–Crippen LogP) is 3.11. The Morgan fingerprint density at radius 2 is 1.87 bits per heavy atom. The van der Waals surface area contributed by atoms with Crippen LogP contribution in [0.1, 0.15) is 39.0 Å². The Kier molecular flexibility index (Phi) is 6.31. The molecule has 0 unspecified atom stereocenters. The molecule has 0 aliphatic heterocycles. The third kappa shape index (κ3) is 5.08. The van der Waals surface area contributed by atoms with Crippen molar-refractivity contribution in [3.63, 3.8) is 0 Å². The van der Waals surface area contributed by atoms with E-state index in [1.54, 1.807) is 0 Å². The van der Waals surface area contributed by atoms with E-state index in [0.717, 1.165) is 25.7 Å². The van der Waals surface area contributed by atoms with Gasteiger partial charge in [-0.1, -0.05) is 42.5 Å². The fraction of sp³-hybridized carbons (Fsp3) is 0.533. The highest BCUT2D eigenvalue weighted by Crippen LogP contribution is 2.25. The second-order valence-corrected chi connectivity index (χ2v) is 8.29. The Balaban J connectivity index is 2.04. The van der Waals surface area contributed by atoms with Gasteiger partial charge < -0.3 is 5.32 Å². The standard InChI is InChI=1S/C15H20Cl2N2O3S/c1-10(15(20)18-12-5-3-2-4-6-12)19-23(21,22)14-9-11(16)7-8-13(14)17/h7-10,12,19H,2-6H2,1H3,(H,18,20)/t10-/m0/s1. The van der Waals surface area contributed by atoms with Gasteiger partial charge in [-0.15, -0.1) is 0 Å². The normalized spacial score (nSPS) is 17.7. The van der Waals surface area contributed by atoms with Crippen LogP contribution in [0, 0.1) is 0 Å². The lowest BCUT2D eigenvalue weighted by molar-refractivity contribution is -0.123. The maximum Gasteiger partial charge on any atom is 0.242 e. The first-order chi connectivity index (χ1) is 10.8. The van der Waals surface area contributed by atoms with Crippen LogP contribution < -0.4 is 10.0 Å². The van der Waals surface area contributed by atoms with E-state index in [2.05, 4.69) is 10.0 Å². The van der Waals surface area contributed by atoms with Crippen molar-refractivity contribution in [2.45, 2.75) is 56.0 Å². The zero-order valence-corrected chi connectivity index (χ0v) is 15.1. The van der Waals surface area contributed by atoms with Gasteiger partial charge in [-0.3, -0.25) is 4.79 Å². The van der Waals surface area contributed by atoms with Crippen molar-refractivity contribution in [2.75, 3.05) is 0 Å². The van der Waals surface area contributed by atoms with Crippen LogP contribution in [0.2, 0.25) is 10.0 Å². The number of halogens is 2. The molecular formula is C15H20Cl2N2O3S. The second kappa shape index (κ2) is 7.83. The summed E-state index contributed by atoms with van der Waals surface area (Å²) in [7, 11) is -3.93. The van der Waals surface area contributed by atoms with E-state index in [1.807, 2.05) is 0 Å². The fourth-order valence-electron chi connectivity index (χ4n) is 2.61. The van der Waals surface area contributed by atoms with E-state index in [9.17, 15) is 13.2 Å². The molecule has 0 spiro atoms. The van der Waals surface area contributed by atoms with Gasteiger partial charge in [-0.05, 0) is 38.0 Å². The number of carbonyl (C=O) groups excluding carboxylic acids is 1. The van der Waals surface area contributed by atoms with Crippen LogP contribution in [0.4, 0.5) is 0 Å². The van der Waals surface area contributed by atoms with Crippen LogP contribution in [-0.4, -0.2) is 26.4 Å². The lowest BCUT2D eigenvalue weighted by Crippen LogP contribution is -2.48. The van der Waals surface area contributed by atoms with Crippen LogP contribution in [-0.2, 0) is 14.8 Å². The first-order valence-corrected chi connectivity index (χ1v) is 9.81. The number of carbonyl (C=O) groups is 1. The lowest BCUT2D eigenvalue weighted by Gasteiger charge is -2.24. The molecule has 0 radical (unpaired) electrons. The maximum atomic E-state index is 12.4. The van der Waals surface area contributed by atoms with Gasteiger partial charge >= 0.3 is 0 Å². The summed E-state index contributed by atoms with van der Waals surface area (Å²) in [5, 5.41) is 3.21. The molecule has 1 aliphatic carbocycles. The summed E-state index contributed by atoms with van der Waals surface area (Å²) in [4.78, 5) is 12.0. The van der Waals surface area contributed by atoms with Gasteiger partial charge in [0.05, 0.1) is 11.1 Å². The third-order valence-electron chi connectivity index (χ3n) is 3.86. The number of benzene rings is 1. The summed E-state index contributed by atoms with van der Waals surface area (Å²) in [5.74, 6) is -0.335. The molecule has 1 aromatic rings. The Morgan fingerprint density at radius 3 is 2.52 bits per heavy atom. The number of hydrogen-bond donors (Lipinski definition) is 2. The number of sulfonamides is 1. The molecule has 2 rings (SSSR count). The molecule has 8 heteroatoms. The predicted molar refractivity (Wildman–Crippen MR) is 91.3 cm³/mol. The largest absolute Gasteiger partial charge is 0.352 e. The second-order valence-electron chi connectivity index (χ2n) is 5.76. The summed E-state index contributed by atoms with van der Waals surface area (Å²) in [5.41, 5.74) is 0. The van der Waals surface area contributed by atoms with E-state index >= 15 is 0 Å². The van der Waals surface area contributed by atoms with Crippen molar-refractivity contribution in [3.8, 4) is 0 Å². The summed E-state index contributed by atoms with van der Waals surface area (Å²) in [6.45, 7) is 1.51.